The van der Waals surface area contributed by atoms with Crippen molar-refractivity contribution in [2.75, 3.05) is 54.9 Å². The van der Waals surface area contributed by atoms with Gasteiger partial charge >= 0.3 is 0 Å². The van der Waals surface area contributed by atoms with Gasteiger partial charge in [0.15, 0.2) is 0 Å². The van der Waals surface area contributed by atoms with Crippen LogP contribution >= 0.6 is 0 Å². The fourth-order valence-electron chi connectivity index (χ4n) is 5.29. The highest BCUT2D eigenvalue weighted by atomic mass is 16.5. The van der Waals surface area contributed by atoms with Crippen molar-refractivity contribution in [3.05, 3.63) is 73.3 Å². The third kappa shape index (κ3) is 5.90. The van der Waals surface area contributed by atoms with Crippen LogP contribution in [0.2, 0.25) is 0 Å². The molecule has 0 bridgehead atoms. The second-order valence-electron chi connectivity index (χ2n) is 10.2. The normalized spacial score (nSPS) is 16.0. The maximum atomic E-state index is 13.0. The van der Waals surface area contributed by atoms with Crippen LogP contribution in [0.25, 0.3) is 22.3 Å². The summed E-state index contributed by atoms with van der Waals surface area (Å²) in [5, 5.41) is 7.38. The number of ether oxygens (including phenoxy) is 1. The zero-order chi connectivity index (χ0) is 28.2. The maximum absolute atomic E-state index is 13.0. The Kier molecular flexibility index (Phi) is 7.59. The topological polar surface area (TPSA) is 128 Å². The van der Waals surface area contributed by atoms with Crippen molar-refractivity contribution in [1.82, 2.24) is 24.8 Å². The number of nitrogens with zero attached hydrogens (tertiary/aromatic N) is 5. The Bertz CT molecular complexity index is 1550. The Hall–Kier alpha value is -4.77. The number of anilines is 3. The van der Waals surface area contributed by atoms with Gasteiger partial charge in [-0.3, -0.25) is 14.6 Å². The van der Waals surface area contributed by atoms with Crippen molar-refractivity contribution in [2.24, 2.45) is 0 Å². The number of piperidine rings is 1. The molecule has 0 radical (unpaired) electrons. The summed E-state index contributed by atoms with van der Waals surface area (Å²) >= 11 is 0. The minimum atomic E-state index is -0.288. The van der Waals surface area contributed by atoms with Crippen LogP contribution in [0.1, 0.15) is 23.3 Å². The number of fused-ring (bicyclic) bond motifs is 1. The summed E-state index contributed by atoms with van der Waals surface area (Å²) in [6.45, 7) is 7.88. The first-order valence-corrected chi connectivity index (χ1v) is 13.8. The first-order chi connectivity index (χ1) is 20.1. The predicted molar refractivity (Wildman–Crippen MR) is 158 cm³/mol. The summed E-state index contributed by atoms with van der Waals surface area (Å²) in [7, 11) is 0. The standard InChI is InChI=1S/C30H32N8O3/c1-2-27(39)37-11-8-22(9-12-37)34-23-7-10-31-26(17-23)30(40)35-21-5-3-20(4-6-21)25-18-24-28(36-25)32-19-33-29(24)38-13-15-41-16-14-38/h2-7,10,17-19,22H,1,8-9,11-16H2,(H,31,34)(H,35,40)(H,32,33,36). The molecule has 41 heavy (non-hydrogen) atoms. The number of aromatic amines is 1. The first-order valence-electron chi connectivity index (χ1n) is 13.8. The zero-order valence-corrected chi connectivity index (χ0v) is 22.7. The average Bonchev–Trinajstić information content (AvgIpc) is 3.47. The molecule has 3 aromatic heterocycles. The highest BCUT2D eigenvalue weighted by Crippen LogP contribution is 2.30. The molecule has 11 heteroatoms. The predicted octanol–water partition coefficient (Wildman–Crippen LogP) is 3.70. The quantitative estimate of drug-likeness (QED) is 0.296. The molecular weight excluding hydrogens is 520 g/mol. The maximum Gasteiger partial charge on any atom is 0.274 e. The number of likely N-dealkylation sites (tertiary alicyclic amines) is 1. The molecule has 4 aromatic rings. The number of benzene rings is 1. The van der Waals surface area contributed by atoms with Crippen molar-refractivity contribution < 1.29 is 14.3 Å². The summed E-state index contributed by atoms with van der Waals surface area (Å²) in [6.07, 6.45) is 6.22. The molecule has 0 atom stereocenters. The number of pyridine rings is 1. The van der Waals surface area contributed by atoms with E-state index in [-0.39, 0.29) is 17.9 Å². The largest absolute Gasteiger partial charge is 0.382 e. The molecule has 11 nitrogen and oxygen atoms in total. The molecule has 0 unspecified atom stereocenters. The van der Waals surface area contributed by atoms with E-state index < -0.39 is 0 Å². The Morgan fingerprint density at radius 1 is 0.976 bits per heavy atom. The van der Waals surface area contributed by atoms with Gasteiger partial charge in [0.25, 0.3) is 5.91 Å². The van der Waals surface area contributed by atoms with Gasteiger partial charge in [0.1, 0.15) is 23.5 Å². The number of carbonyl (C=O) groups is 2. The fourth-order valence-corrected chi connectivity index (χ4v) is 5.29. The summed E-state index contributed by atoms with van der Waals surface area (Å²) in [6, 6.07) is 13.5. The highest BCUT2D eigenvalue weighted by Gasteiger charge is 2.22. The molecule has 3 N–H and O–H groups in total. The highest BCUT2D eigenvalue weighted by molar-refractivity contribution is 6.03. The van der Waals surface area contributed by atoms with Crippen molar-refractivity contribution in [2.45, 2.75) is 18.9 Å². The molecule has 210 valence electrons. The average molecular weight is 553 g/mol. The van der Waals surface area contributed by atoms with Gasteiger partial charge < -0.3 is 30.2 Å². The third-order valence-corrected chi connectivity index (χ3v) is 7.51. The van der Waals surface area contributed by atoms with Crippen molar-refractivity contribution >= 4 is 40.0 Å². The van der Waals surface area contributed by atoms with Crippen LogP contribution in [-0.2, 0) is 9.53 Å². The number of H-pyrrole nitrogens is 1. The molecule has 0 aliphatic carbocycles. The van der Waals surface area contributed by atoms with E-state index in [4.69, 9.17) is 4.74 Å². The van der Waals surface area contributed by atoms with Crippen LogP contribution in [0.5, 0.6) is 0 Å². The van der Waals surface area contributed by atoms with Crippen LogP contribution in [0.3, 0.4) is 0 Å². The van der Waals surface area contributed by atoms with E-state index in [0.717, 1.165) is 59.7 Å². The number of hydrogen-bond donors (Lipinski definition) is 3. The lowest BCUT2D eigenvalue weighted by Gasteiger charge is -2.32. The number of aromatic nitrogens is 4. The summed E-state index contributed by atoms with van der Waals surface area (Å²) in [5.74, 6) is 0.582. The van der Waals surface area contributed by atoms with E-state index in [9.17, 15) is 9.59 Å². The van der Waals surface area contributed by atoms with Gasteiger partial charge in [0.2, 0.25) is 5.91 Å². The molecule has 1 aromatic carbocycles. The smallest absolute Gasteiger partial charge is 0.274 e. The Balaban J connectivity index is 1.09. The van der Waals surface area contributed by atoms with E-state index in [1.165, 1.54) is 6.08 Å². The number of hydrogen-bond acceptors (Lipinski definition) is 8. The molecule has 5 heterocycles. The number of carbonyl (C=O) groups excluding carboxylic acids is 2. The van der Waals surface area contributed by atoms with E-state index >= 15 is 0 Å². The summed E-state index contributed by atoms with van der Waals surface area (Å²) in [4.78, 5) is 45.4. The second-order valence-corrected chi connectivity index (χ2v) is 10.2. The lowest BCUT2D eigenvalue weighted by atomic mass is 10.0. The van der Waals surface area contributed by atoms with Crippen LogP contribution in [-0.4, -0.2) is 82.1 Å². The Morgan fingerprint density at radius 2 is 1.76 bits per heavy atom. The van der Waals surface area contributed by atoms with E-state index in [1.807, 2.05) is 30.3 Å². The molecule has 0 saturated carbocycles. The first kappa shape index (κ1) is 26.5. The van der Waals surface area contributed by atoms with Gasteiger partial charge in [0, 0.05) is 55.5 Å². The molecule has 6 rings (SSSR count). The molecule has 0 spiro atoms. The lowest BCUT2D eigenvalue weighted by molar-refractivity contribution is -0.126. The minimum absolute atomic E-state index is 0.0344. The molecule has 2 aliphatic rings. The Labute approximate surface area is 237 Å². The number of nitrogens with one attached hydrogen (secondary N) is 3. The zero-order valence-electron chi connectivity index (χ0n) is 22.7. The van der Waals surface area contributed by atoms with E-state index in [2.05, 4.69) is 48.1 Å². The van der Waals surface area contributed by atoms with E-state index in [0.29, 0.717) is 37.7 Å². The van der Waals surface area contributed by atoms with Crippen LogP contribution < -0.4 is 15.5 Å². The molecule has 2 saturated heterocycles. The van der Waals surface area contributed by atoms with Gasteiger partial charge in [-0.15, -0.1) is 0 Å². The van der Waals surface area contributed by atoms with Gasteiger partial charge in [-0.2, -0.15) is 0 Å². The van der Waals surface area contributed by atoms with Crippen LogP contribution in [0, 0.1) is 0 Å². The number of morpholine rings is 1. The monoisotopic (exact) mass is 552 g/mol. The summed E-state index contributed by atoms with van der Waals surface area (Å²) < 4.78 is 5.48. The van der Waals surface area contributed by atoms with Crippen LogP contribution in [0.4, 0.5) is 17.2 Å². The fraction of sp³-hybridized carbons (Fsp3) is 0.300. The SMILES string of the molecule is C=CC(=O)N1CCC(Nc2ccnc(C(=O)Nc3ccc(-c4cc5c(N6CCOCC6)ncnc5[nH]4)cc3)c2)CC1. The molecule has 2 amide bonds. The van der Waals surface area contributed by atoms with Crippen molar-refractivity contribution in [3.63, 3.8) is 0 Å². The molecule has 2 fully saturated rings. The van der Waals surface area contributed by atoms with Crippen molar-refractivity contribution in [1.29, 1.82) is 0 Å². The second kappa shape index (κ2) is 11.8. The number of amides is 2. The number of rotatable bonds is 7. The minimum Gasteiger partial charge on any atom is -0.382 e. The molecule has 2 aliphatic heterocycles. The van der Waals surface area contributed by atoms with Gasteiger partial charge in [-0.25, -0.2) is 9.97 Å². The van der Waals surface area contributed by atoms with Crippen molar-refractivity contribution in [3.8, 4) is 11.3 Å². The third-order valence-electron chi connectivity index (χ3n) is 7.51. The lowest BCUT2D eigenvalue weighted by Crippen LogP contribution is -2.41. The van der Waals surface area contributed by atoms with E-state index in [1.54, 1.807) is 23.5 Å². The van der Waals surface area contributed by atoms with Gasteiger partial charge in [-0.1, -0.05) is 18.7 Å². The van der Waals surface area contributed by atoms with Gasteiger partial charge in [0.05, 0.1) is 18.6 Å². The van der Waals surface area contributed by atoms with Crippen LogP contribution in [0.15, 0.2) is 67.6 Å². The van der Waals surface area contributed by atoms with Gasteiger partial charge in [-0.05, 0) is 54.8 Å². The summed E-state index contributed by atoms with van der Waals surface area (Å²) in [5.41, 5.74) is 4.50. The molecular formula is C30H32N8O3. The Morgan fingerprint density at radius 3 is 2.51 bits per heavy atom.